The third-order valence-corrected chi connectivity index (χ3v) is 10.3. The minimum absolute atomic E-state index is 0.0684. The second-order valence-electron chi connectivity index (χ2n) is 11.9. The van der Waals surface area contributed by atoms with Crippen LogP contribution in [0.1, 0.15) is 128 Å². The van der Waals surface area contributed by atoms with E-state index >= 15 is 0 Å². The molecule has 0 radical (unpaired) electrons. The minimum atomic E-state index is -0.780. The molecule has 10 nitrogen and oxygen atoms in total. The van der Waals surface area contributed by atoms with Crippen molar-refractivity contribution in [1.29, 1.82) is 0 Å². The van der Waals surface area contributed by atoms with Crippen molar-refractivity contribution in [3.8, 4) is 0 Å². The van der Waals surface area contributed by atoms with Crippen LogP contribution in [0.3, 0.4) is 0 Å². The van der Waals surface area contributed by atoms with Crippen LogP contribution in [0.2, 0.25) is 0 Å². The molecule has 1 aliphatic rings. The number of hydrogen-bond donors (Lipinski definition) is 0. The van der Waals surface area contributed by atoms with Gasteiger partial charge in [-0.15, -0.1) is 5.06 Å². The molecule has 1 heterocycles. The Hall–Kier alpha value is -0.890. The summed E-state index contributed by atoms with van der Waals surface area (Å²) in [5.74, 6) is 0.811. The van der Waals surface area contributed by atoms with E-state index in [0.29, 0.717) is 31.5 Å². The maximum absolute atomic E-state index is 11.6. The highest BCUT2D eigenvalue weighted by Gasteiger charge is 2.32. The number of carbonyl (C=O) groups excluding carboxylic acids is 3. The second-order valence-corrected chi connectivity index (χ2v) is 14.6. The van der Waals surface area contributed by atoms with Crippen molar-refractivity contribution in [1.82, 2.24) is 5.06 Å². The number of amides is 2. The first-order valence-corrected chi connectivity index (χ1v) is 20.7. The first-order chi connectivity index (χ1) is 23.1. The van der Waals surface area contributed by atoms with E-state index in [1.165, 1.54) is 121 Å². The number of methoxy groups -OCH3 is 1. The molecule has 0 unspecified atom stereocenters. The number of unbranched alkanes of at least 4 members (excludes halogenated alkanes) is 16. The molecule has 0 N–H and O–H groups in total. The summed E-state index contributed by atoms with van der Waals surface area (Å²) in [6.07, 6.45) is 23.9. The van der Waals surface area contributed by atoms with Gasteiger partial charge in [-0.05, 0) is 25.7 Å². The summed E-state index contributed by atoms with van der Waals surface area (Å²) in [5.41, 5.74) is 0. The molecule has 0 aromatic carbocycles. The fourth-order valence-corrected chi connectivity index (χ4v) is 7.24. The number of imide groups is 1. The standard InChI is InChI=1S/C35H65NO9S2/c1-40-24-25-41-22-16-12-8-4-2-6-10-14-18-30-46-47-31-19-15-11-7-3-5-9-13-17-23-42-26-27-43-28-29-44-32-35(39)45-36-33(37)20-21-34(36)38/h2-32H2,1H3. The summed E-state index contributed by atoms with van der Waals surface area (Å²) >= 11 is 0. The highest BCUT2D eigenvalue weighted by molar-refractivity contribution is 8.76. The van der Waals surface area contributed by atoms with E-state index in [4.69, 9.17) is 28.5 Å². The van der Waals surface area contributed by atoms with Gasteiger partial charge in [-0.1, -0.05) is 111 Å². The molecular formula is C35H65NO9S2. The smallest absolute Gasteiger partial charge is 0.358 e. The topological polar surface area (TPSA) is 110 Å². The van der Waals surface area contributed by atoms with E-state index in [1.807, 2.05) is 0 Å². The zero-order valence-electron chi connectivity index (χ0n) is 29.4. The average molecular weight is 708 g/mol. The van der Waals surface area contributed by atoms with Crippen LogP contribution in [0.15, 0.2) is 0 Å². The number of carbonyl (C=O) groups is 3. The monoisotopic (exact) mass is 707 g/mol. The Kier molecular flexibility index (Phi) is 32.8. The molecule has 1 rings (SSSR count). The predicted octanol–water partition coefficient (Wildman–Crippen LogP) is 7.71. The van der Waals surface area contributed by atoms with Gasteiger partial charge in [-0.2, -0.15) is 0 Å². The van der Waals surface area contributed by atoms with Gasteiger partial charge in [0.2, 0.25) is 0 Å². The van der Waals surface area contributed by atoms with Crippen LogP contribution in [0.25, 0.3) is 0 Å². The van der Waals surface area contributed by atoms with Gasteiger partial charge in [-0.25, -0.2) is 4.79 Å². The van der Waals surface area contributed by atoms with Gasteiger partial charge in [0.15, 0.2) is 0 Å². The molecule has 0 bridgehead atoms. The Balaban J connectivity index is 1.64. The predicted molar refractivity (Wildman–Crippen MR) is 190 cm³/mol. The van der Waals surface area contributed by atoms with Crippen molar-refractivity contribution in [3.63, 3.8) is 0 Å². The van der Waals surface area contributed by atoms with E-state index in [-0.39, 0.29) is 26.1 Å². The summed E-state index contributed by atoms with van der Waals surface area (Å²) in [4.78, 5) is 39.1. The Morgan fingerprint density at radius 1 is 0.511 bits per heavy atom. The number of nitrogens with zero attached hydrogens (tertiary/aromatic N) is 1. The lowest BCUT2D eigenvalue weighted by Gasteiger charge is -2.12. The highest BCUT2D eigenvalue weighted by atomic mass is 33.1. The Bertz CT molecular complexity index is 732. The molecule has 0 spiro atoms. The number of ether oxygens (including phenoxy) is 5. The summed E-state index contributed by atoms with van der Waals surface area (Å²) in [5, 5.41) is 0.514. The SMILES string of the molecule is COCCOCCCCCCCCCCCSSCCCCCCCCCCCOCCOCCOCC(=O)ON1C(=O)CCC1=O. The van der Waals surface area contributed by atoms with Crippen molar-refractivity contribution < 1.29 is 42.9 Å². The average Bonchev–Trinajstić information content (AvgIpc) is 3.38. The van der Waals surface area contributed by atoms with Crippen LogP contribution >= 0.6 is 21.6 Å². The van der Waals surface area contributed by atoms with E-state index < -0.39 is 17.8 Å². The van der Waals surface area contributed by atoms with Crippen LogP contribution in [0.4, 0.5) is 0 Å². The Morgan fingerprint density at radius 3 is 1.32 bits per heavy atom. The normalized spacial score (nSPS) is 13.3. The molecule has 1 fully saturated rings. The third-order valence-electron chi connectivity index (χ3n) is 7.71. The number of hydroxylamine groups is 2. The molecule has 0 aromatic heterocycles. The molecule has 47 heavy (non-hydrogen) atoms. The summed E-state index contributed by atoms with van der Waals surface area (Å²) in [7, 11) is 5.86. The van der Waals surface area contributed by atoms with Gasteiger partial charge in [0.05, 0.1) is 39.6 Å². The second kappa shape index (κ2) is 35.0. The van der Waals surface area contributed by atoms with Gasteiger partial charge in [0.1, 0.15) is 6.61 Å². The van der Waals surface area contributed by atoms with Crippen molar-refractivity contribution >= 4 is 39.4 Å². The fraction of sp³-hybridized carbons (Fsp3) is 0.914. The molecule has 276 valence electrons. The molecule has 0 saturated carbocycles. The minimum Gasteiger partial charge on any atom is -0.382 e. The first-order valence-electron chi connectivity index (χ1n) is 18.3. The zero-order chi connectivity index (χ0) is 33.9. The first kappa shape index (κ1) is 44.1. The molecule has 12 heteroatoms. The van der Waals surface area contributed by atoms with E-state index in [2.05, 4.69) is 21.6 Å². The highest BCUT2D eigenvalue weighted by Crippen LogP contribution is 2.25. The van der Waals surface area contributed by atoms with E-state index in [9.17, 15) is 14.4 Å². The van der Waals surface area contributed by atoms with E-state index in [0.717, 1.165) is 26.2 Å². The van der Waals surface area contributed by atoms with E-state index in [1.54, 1.807) is 7.11 Å². The van der Waals surface area contributed by atoms with Crippen molar-refractivity contribution in [3.05, 3.63) is 0 Å². The number of hydrogen-bond acceptors (Lipinski definition) is 11. The van der Waals surface area contributed by atoms with Crippen molar-refractivity contribution in [2.24, 2.45) is 0 Å². The molecule has 1 aliphatic heterocycles. The Labute approximate surface area is 293 Å². The summed E-state index contributed by atoms with van der Waals surface area (Å²) in [6, 6.07) is 0. The molecule has 0 aromatic rings. The van der Waals surface area contributed by atoms with Gasteiger partial charge in [-0.3, -0.25) is 9.59 Å². The maximum Gasteiger partial charge on any atom is 0.358 e. The molecule has 0 aliphatic carbocycles. The van der Waals surface area contributed by atoms with Crippen LogP contribution in [0, 0.1) is 0 Å². The fourth-order valence-electron chi connectivity index (χ4n) is 4.95. The largest absolute Gasteiger partial charge is 0.382 e. The third kappa shape index (κ3) is 29.7. The molecular weight excluding hydrogens is 643 g/mol. The zero-order valence-corrected chi connectivity index (χ0v) is 31.0. The van der Waals surface area contributed by atoms with Crippen LogP contribution < -0.4 is 0 Å². The quantitative estimate of drug-likeness (QED) is 0.0360. The van der Waals surface area contributed by atoms with Crippen molar-refractivity contribution in [2.75, 3.05) is 78.1 Å². The van der Waals surface area contributed by atoms with Gasteiger partial charge < -0.3 is 28.5 Å². The Morgan fingerprint density at radius 2 is 0.872 bits per heavy atom. The van der Waals surface area contributed by atoms with Crippen molar-refractivity contribution in [2.45, 2.75) is 128 Å². The van der Waals surface area contributed by atoms with Crippen LogP contribution in [-0.2, 0) is 42.9 Å². The molecule has 1 saturated heterocycles. The van der Waals surface area contributed by atoms with Gasteiger partial charge in [0, 0.05) is 44.7 Å². The van der Waals surface area contributed by atoms with Crippen LogP contribution in [-0.4, -0.2) is 101 Å². The molecule has 2 amide bonds. The summed E-state index contributed by atoms with van der Waals surface area (Å²) < 4.78 is 26.7. The number of rotatable bonds is 37. The lowest BCUT2D eigenvalue weighted by molar-refractivity contribution is -0.200. The molecule has 0 atom stereocenters. The maximum atomic E-state index is 11.6. The lowest BCUT2D eigenvalue weighted by Crippen LogP contribution is -2.33. The van der Waals surface area contributed by atoms with Crippen LogP contribution in [0.5, 0.6) is 0 Å². The van der Waals surface area contributed by atoms with Gasteiger partial charge >= 0.3 is 5.97 Å². The van der Waals surface area contributed by atoms with Gasteiger partial charge in [0.25, 0.3) is 11.8 Å². The lowest BCUT2D eigenvalue weighted by atomic mass is 10.1. The summed E-state index contributed by atoms with van der Waals surface area (Å²) in [6.45, 7) is 4.25.